The van der Waals surface area contributed by atoms with E-state index in [0.717, 1.165) is 12.8 Å². The van der Waals surface area contributed by atoms with Gasteiger partial charge in [0, 0.05) is 5.56 Å². The van der Waals surface area contributed by atoms with E-state index in [1.165, 1.54) is 126 Å². The van der Waals surface area contributed by atoms with Crippen molar-refractivity contribution < 1.29 is 17.1 Å². The maximum atomic E-state index is 11.9. The average molecular weight is 603 g/mol. The van der Waals surface area contributed by atoms with Gasteiger partial charge in [0.1, 0.15) is 6.54 Å². The lowest BCUT2D eigenvalue weighted by atomic mass is 10.1. The second kappa shape index (κ2) is 24.7. The highest BCUT2D eigenvalue weighted by Crippen LogP contribution is 2.20. The van der Waals surface area contributed by atoms with Gasteiger partial charge in [-0.1, -0.05) is 153 Å². The lowest BCUT2D eigenvalue weighted by molar-refractivity contribution is -0.941. The summed E-state index contributed by atoms with van der Waals surface area (Å²) >= 11 is 0. The summed E-state index contributed by atoms with van der Waals surface area (Å²) in [4.78, 5) is 0.238. The van der Waals surface area contributed by atoms with E-state index < -0.39 is 10.1 Å². The van der Waals surface area contributed by atoms with Gasteiger partial charge >= 0.3 is 0 Å². The van der Waals surface area contributed by atoms with E-state index in [4.69, 9.17) is 4.18 Å². The van der Waals surface area contributed by atoms with Crippen LogP contribution in [0.1, 0.15) is 136 Å². The first-order valence-corrected chi connectivity index (χ1v) is 18.7. The van der Waals surface area contributed by atoms with Crippen LogP contribution in [0.2, 0.25) is 0 Å². The van der Waals surface area contributed by atoms with Crippen LogP contribution in [0.15, 0.2) is 65.6 Å². The van der Waals surface area contributed by atoms with Crippen LogP contribution in [0.25, 0.3) is 0 Å². The Kier molecular flexibility index (Phi) is 22.6. The molecule has 42 heavy (non-hydrogen) atoms. The first kappa shape index (κ1) is 38.3. The maximum Gasteiger partial charge on any atom is 0.296 e. The third kappa shape index (κ3) is 18.1. The molecule has 0 fully saturated rings. The van der Waals surface area contributed by atoms with E-state index in [2.05, 4.69) is 58.0 Å². The fourth-order valence-electron chi connectivity index (χ4n) is 5.44. The smallest absolute Gasteiger partial charge is 0.296 e. The summed E-state index contributed by atoms with van der Waals surface area (Å²) < 4.78 is 30.1. The second-order valence-corrected chi connectivity index (χ2v) is 13.6. The van der Waals surface area contributed by atoms with Crippen LogP contribution in [0.3, 0.4) is 0 Å². The quantitative estimate of drug-likeness (QED) is 0.0682. The third-order valence-electron chi connectivity index (χ3n) is 8.09. The second-order valence-electron chi connectivity index (χ2n) is 12.0. The fourth-order valence-corrected chi connectivity index (χ4v) is 6.40. The zero-order chi connectivity index (χ0) is 30.8. The summed E-state index contributed by atoms with van der Waals surface area (Å²) in [6, 6.07) is 19.4. The van der Waals surface area contributed by atoms with Gasteiger partial charge in [0.15, 0.2) is 0 Å². The van der Waals surface area contributed by atoms with Gasteiger partial charge in [-0.3, -0.25) is 4.18 Å². The molecular weight excluding hydrogens is 538 g/mol. The van der Waals surface area contributed by atoms with Crippen LogP contribution < -0.4 is 0 Å². The van der Waals surface area contributed by atoms with Crippen molar-refractivity contribution in [2.75, 3.05) is 26.2 Å². The van der Waals surface area contributed by atoms with Crippen molar-refractivity contribution in [3.8, 4) is 0 Å². The molecule has 0 aromatic heterocycles. The van der Waals surface area contributed by atoms with Gasteiger partial charge < -0.3 is 4.48 Å². The van der Waals surface area contributed by atoms with Crippen LogP contribution in [0.4, 0.5) is 0 Å². The Labute approximate surface area is 261 Å². The number of hydrogen-bond donors (Lipinski definition) is 0. The van der Waals surface area contributed by atoms with E-state index in [1.807, 2.05) is 0 Å². The van der Waals surface area contributed by atoms with Gasteiger partial charge in [-0.05, 0) is 37.8 Å². The molecule has 0 unspecified atom stereocenters. The predicted molar refractivity (Wildman–Crippen MR) is 181 cm³/mol. The van der Waals surface area contributed by atoms with Gasteiger partial charge in [0.25, 0.3) is 10.1 Å². The Morgan fingerprint density at radius 3 is 1.38 bits per heavy atom. The molecule has 2 aromatic carbocycles. The van der Waals surface area contributed by atoms with Crippen molar-refractivity contribution >= 4 is 10.1 Å². The minimum Gasteiger partial charge on any atom is -0.320 e. The zero-order valence-electron chi connectivity index (χ0n) is 27.7. The largest absolute Gasteiger partial charge is 0.320 e. The summed E-state index contributed by atoms with van der Waals surface area (Å²) in [5.41, 5.74) is 1.51. The molecule has 0 spiro atoms. The Bertz CT molecular complexity index is 941. The van der Waals surface area contributed by atoms with E-state index in [0.29, 0.717) is 0 Å². The number of benzene rings is 2. The Balaban J connectivity index is 0.000000422. The van der Waals surface area contributed by atoms with Crippen LogP contribution in [0.5, 0.6) is 0 Å². The number of hydrogen-bond acceptors (Lipinski definition) is 3. The monoisotopic (exact) mass is 602 g/mol. The highest BCUT2D eigenvalue weighted by Gasteiger charge is 2.26. The van der Waals surface area contributed by atoms with Crippen molar-refractivity contribution in [2.24, 2.45) is 0 Å². The fraction of sp³-hybridized carbons (Fsp3) is 0.676. The Morgan fingerprint density at radius 1 is 0.524 bits per heavy atom. The molecule has 0 N–H and O–H groups in total. The summed E-state index contributed by atoms with van der Waals surface area (Å²) in [6.45, 7) is 14.8. The van der Waals surface area contributed by atoms with Crippen LogP contribution >= 0.6 is 0 Å². The van der Waals surface area contributed by atoms with Crippen molar-refractivity contribution in [2.45, 2.75) is 142 Å². The standard InChI is InChI=1S/C19H34N.C18H30O3S/c1-4-7-15-20(16-8-5-2,17-9-6-3)18-19-13-11-10-12-14-19;1-2-3-4-5-6-7-8-9-10-14-17-21-22(19,20)18-15-12-11-13-16-18/h10-14H,4-9,15-18H2,1-3H3;11-13,15-16H,2-10,14,17H2,1H3/q+1;. The van der Waals surface area contributed by atoms with E-state index in [-0.39, 0.29) is 11.5 Å². The molecule has 0 saturated carbocycles. The molecule has 240 valence electrons. The van der Waals surface area contributed by atoms with Crippen molar-refractivity contribution in [3.05, 3.63) is 66.2 Å². The zero-order valence-corrected chi connectivity index (χ0v) is 28.5. The molecule has 0 amide bonds. The molecule has 0 aliphatic heterocycles. The topological polar surface area (TPSA) is 43.4 Å². The van der Waals surface area contributed by atoms with Gasteiger partial charge in [-0.15, -0.1) is 0 Å². The van der Waals surface area contributed by atoms with Crippen molar-refractivity contribution in [1.82, 2.24) is 0 Å². The molecule has 0 aliphatic carbocycles. The average Bonchev–Trinajstić information content (AvgIpc) is 3.02. The van der Waals surface area contributed by atoms with Crippen LogP contribution in [0, 0.1) is 0 Å². The van der Waals surface area contributed by atoms with Crippen LogP contribution in [-0.4, -0.2) is 39.1 Å². The number of unbranched alkanes of at least 4 members (excludes halogenated alkanes) is 12. The van der Waals surface area contributed by atoms with Gasteiger partial charge in [-0.25, -0.2) is 0 Å². The molecule has 0 bridgehead atoms. The lowest BCUT2D eigenvalue weighted by Gasteiger charge is -2.39. The van der Waals surface area contributed by atoms with Crippen molar-refractivity contribution in [1.29, 1.82) is 0 Å². The predicted octanol–water partition coefficient (Wildman–Crippen LogP) is 10.7. The number of rotatable bonds is 24. The summed E-state index contributed by atoms with van der Waals surface area (Å²) in [5.74, 6) is 0. The minimum absolute atomic E-state index is 0.238. The normalized spacial score (nSPS) is 11.7. The lowest BCUT2D eigenvalue weighted by Crippen LogP contribution is -2.49. The first-order chi connectivity index (χ1) is 20.4. The molecule has 0 radical (unpaired) electrons. The molecule has 0 atom stereocenters. The molecule has 2 rings (SSSR count). The SMILES string of the molecule is CCCCCCCCCCCCOS(=O)(=O)c1ccccc1.CCCC[N+](CCCC)(CCCC)Cc1ccccc1. The Hall–Kier alpha value is -1.69. The summed E-state index contributed by atoms with van der Waals surface area (Å²) in [7, 11) is -3.57. The van der Waals surface area contributed by atoms with Crippen LogP contribution in [-0.2, 0) is 20.8 Å². The third-order valence-corrected chi connectivity index (χ3v) is 9.41. The molecule has 0 saturated heterocycles. The molecule has 2 aromatic rings. The molecule has 0 aliphatic rings. The number of quaternary nitrogens is 1. The molecule has 4 nitrogen and oxygen atoms in total. The number of nitrogens with zero attached hydrogens (tertiary/aromatic N) is 1. The highest BCUT2D eigenvalue weighted by atomic mass is 32.2. The Morgan fingerprint density at radius 2 is 0.929 bits per heavy atom. The highest BCUT2D eigenvalue weighted by molar-refractivity contribution is 7.86. The van der Waals surface area contributed by atoms with E-state index >= 15 is 0 Å². The van der Waals surface area contributed by atoms with Gasteiger partial charge in [-0.2, -0.15) is 8.42 Å². The first-order valence-electron chi connectivity index (χ1n) is 17.3. The van der Waals surface area contributed by atoms with Gasteiger partial charge in [0.2, 0.25) is 0 Å². The van der Waals surface area contributed by atoms with Gasteiger partial charge in [0.05, 0.1) is 31.1 Å². The maximum absolute atomic E-state index is 11.9. The summed E-state index contributed by atoms with van der Waals surface area (Å²) in [5, 5.41) is 0. The summed E-state index contributed by atoms with van der Waals surface area (Å²) in [6.07, 6.45) is 20.3. The van der Waals surface area contributed by atoms with E-state index in [9.17, 15) is 8.42 Å². The van der Waals surface area contributed by atoms with E-state index in [1.54, 1.807) is 30.3 Å². The molecular formula is C37H64NO3S+. The molecule has 5 heteroatoms. The van der Waals surface area contributed by atoms with Crippen molar-refractivity contribution in [3.63, 3.8) is 0 Å². The molecule has 0 heterocycles. The minimum atomic E-state index is -3.57.